The molecule has 19 nitrogen and oxygen atoms in total. The summed E-state index contributed by atoms with van der Waals surface area (Å²) in [5.41, 5.74) is 6.69. The van der Waals surface area contributed by atoms with Crippen LogP contribution in [0.3, 0.4) is 0 Å². The number of hydrogen-bond acceptors (Lipinski definition) is 17. The summed E-state index contributed by atoms with van der Waals surface area (Å²) in [6.07, 6.45) is -3.90. The maximum Gasteiger partial charge on any atom is 0.582 e. The number of ether oxygens (including phenoxy) is 3. The van der Waals surface area contributed by atoms with Gasteiger partial charge in [0.25, 0.3) is 0 Å². The number of anilines is 2. The molecule has 0 bridgehead atoms. The van der Waals surface area contributed by atoms with E-state index in [-0.39, 0.29) is 41.8 Å². The molecule has 0 saturated carbocycles. The van der Waals surface area contributed by atoms with Gasteiger partial charge < -0.3 is 35.5 Å². The zero-order valence-corrected chi connectivity index (χ0v) is 28.4. The van der Waals surface area contributed by atoms with Crippen LogP contribution in [0.4, 0.5) is 20.5 Å². The Kier molecular flexibility index (Phi) is 11.1. The van der Waals surface area contributed by atoms with Crippen molar-refractivity contribution in [2.45, 2.75) is 49.2 Å². The third kappa shape index (κ3) is 7.32. The van der Waals surface area contributed by atoms with E-state index in [9.17, 15) is 19.3 Å². The fraction of sp³-hybridized carbons (Fsp3) is 0.500. The van der Waals surface area contributed by atoms with Gasteiger partial charge in [0.2, 0.25) is 11.8 Å². The molecule has 4 aromatic heterocycles. The van der Waals surface area contributed by atoms with Crippen LogP contribution in [0.25, 0.3) is 22.3 Å². The molecule has 2 aliphatic heterocycles. The Morgan fingerprint density at radius 2 is 1.49 bits per heavy atom. The van der Waals surface area contributed by atoms with Crippen molar-refractivity contribution in [3.05, 3.63) is 31.1 Å². The summed E-state index contributed by atoms with van der Waals surface area (Å²) in [5, 5.41) is 22.3. The molecule has 6 heterocycles. The summed E-state index contributed by atoms with van der Waals surface area (Å²) in [6, 6.07) is 0. The lowest BCUT2D eigenvalue weighted by molar-refractivity contribution is -0.0427. The minimum absolute atomic E-state index is 0.0119. The molecule has 0 aromatic carbocycles. The van der Waals surface area contributed by atoms with E-state index >= 15 is 8.78 Å². The van der Waals surface area contributed by atoms with Crippen molar-refractivity contribution in [2.24, 2.45) is 0 Å². The molecule has 0 radical (unpaired) electrons. The number of imidazole rings is 2. The number of rotatable bonds is 14. The first-order valence-corrected chi connectivity index (χ1v) is 18.9. The summed E-state index contributed by atoms with van der Waals surface area (Å²) in [5.74, 6) is 0.161. The van der Waals surface area contributed by atoms with Crippen molar-refractivity contribution in [3.63, 3.8) is 0 Å². The molecule has 0 spiro atoms. The Hall–Kier alpha value is -3.24. The highest BCUT2D eigenvalue weighted by molar-refractivity contribution is 8.39. The monoisotopic (exact) mass is 764 g/mol. The minimum atomic E-state index is -2.47. The second-order valence-electron chi connectivity index (χ2n) is 10.4. The highest BCUT2D eigenvalue weighted by atomic mass is 32.7. The Bertz CT molecular complexity index is 1880. The van der Waals surface area contributed by atoms with Gasteiger partial charge in [0.1, 0.15) is 49.6 Å². The zero-order chi connectivity index (χ0) is 34.8. The molecule has 4 aromatic rings. The Balaban J connectivity index is 1.09. The first-order chi connectivity index (χ1) is 23.6. The molecule has 2 saturated heterocycles. The number of thiol groups is 2. The second kappa shape index (κ2) is 15.3. The first kappa shape index (κ1) is 35.6. The van der Waals surface area contributed by atoms with E-state index in [4.69, 9.17) is 29.0 Å². The second-order valence-corrected chi connectivity index (χ2v) is 13.8. The molecule has 5 unspecified atom stereocenters. The lowest BCUT2D eigenvalue weighted by atomic mass is 10.1. The van der Waals surface area contributed by atoms with Crippen LogP contribution < -0.4 is 15.8 Å². The molecule has 262 valence electrons. The van der Waals surface area contributed by atoms with E-state index in [1.165, 1.54) is 28.1 Å². The molecular weight excluding hydrogens is 736 g/mol. The lowest BCUT2D eigenvalue weighted by Gasteiger charge is -2.15. The number of nitrogens with zero attached hydrogens (tertiary/aromatic N) is 8. The van der Waals surface area contributed by atoms with Crippen LogP contribution in [0, 0.1) is 0 Å². The molecule has 5 N–H and O–H groups in total. The molecule has 0 aliphatic carbocycles. The van der Waals surface area contributed by atoms with Crippen LogP contribution in [-0.2, 0) is 27.7 Å². The number of halogens is 2. The van der Waals surface area contributed by atoms with E-state index < -0.39 is 76.9 Å². The third-order valence-corrected chi connectivity index (χ3v) is 8.91. The van der Waals surface area contributed by atoms with Crippen molar-refractivity contribution in [3.8, 4) is 5.88 Å². The third-order valence-electron chi connectivity index (χ3n) is 7.50. The molecule has 6 rings (SSSR count). The van der Waals surface area contributed by atoms with Gasteiger partial charge >= 0.3 is 14.5 Å². The smallest absolute Gasteiger partial charge is 0.472 e. The van der Waals surface area contributed by atoms with Crippen molar-refractivity contribution in [1.29, 1.82) is 0 Å². The number of aromatic nitrogens is 8. The van der Waals surface area contributed by atoms with Gasteiger partial charge in [-0.15, -0.1) is 9.05 Å². The molecule has 2 aliphatic rings. The van der Waals surface area contributed by atoms with Crippen LogP contribution >= 0.6 is 39.0 Å². The number of nitrogens with one attached hydrogen (secondary N) is 1. The molecule has 25 heteroatoms. The summed E-state index contributed by atoms with van der Waals surface area (Å²) in [4.78, 5) is 25.1. The summed E-state index contributed by atoms with van der Waals surface area (Å²) >= 11 is 7.33. The number of aliphatic hydroxyl groups is 2. The first-order valence-electron chi connectivity index (χ1n) is 14.3. The maximum absolute atomic E-state index is 15.3. The molecule has 0 amide bonds. The fourth-order valence-electron chi connectivity index (χ4n) is 5.39. The maximum atomic E-state index is 15.3. The van der Waals surface area contributed by atoms with E-state index in [2.05, 4.69) is 59.7 Å². The van der Waals surface area contributed by atoms with Crippen molar-refractivity contribution in [2.75, 3.05) is 37.4 Å². The summed E-state index contributed by atoms with van der Waals surface area (Å²) in [6.45, 7) is -0.893. The molecule has 2 fully saturated rings. The normalized spacial score (nSPS) is 27.8. The lowest BCUT2D eigenvalue weighted by Crippen LogP contribution is -2.31. The molecular formula is C24H28F2N10O9P2S2+2. The highest BCUT2D eigenvalue weighted by Gasteiger charge is 2.52. The number of hydrogen-bond donors (Lipinski definition) is 6. The van der Waals surface area contributed by atoms with E-state index in [0.29, 0.717) is 11.3 Å². The average Bonchev–Trinajstić information content (AvgIpc) is 3.83. The number of nitrogen functional groups attached to an aromatic ring is 1. The topological polar surface area (TPSA) is 246 Å². The van der Waals surface area contributed by atoms with E-state index in [1.54, 1.807) is 12.2 Å². The Morgan fingerprint density at radius 3 is 2.08 bits per heavy atom. The van der Waals surface area contributed by atoms with Crippen LogP contribution in [0.5, 0.6) is 5.88 Å². The van der Waals surface area contributed by atoms with Crippen molar-refractivity contribution in [1.82, 2.24) is 39.0 Å². The van der Waals surface area contributed by atoms with Crippen LogP contribution in [0.15, 0.2) is 31.1 Å². The van der Waals surface area contributed by atoms with Gasteiger partial charge in [0.15, 0.2) is 65.2 Å². The van der Waals surface area contributed by atoms with Crippen molar-refractivity contribution < 1.29 is 51.4 Å². The minimum Gasteiger partial charge on any atom is -0.472 e. The van der Waals surface area contributed by atoms with Gasteiger partial charge in [0, 0.05) is 6.54 Å². The van der Waals surface area contributed by atoms with Crippen molar-refractivity contribution >= 4 is 73.1 Å². The van der Waals surface area contributed by atoms with Crippen LogP contribution in [0.1, 0.15) is 12.5 Å². The largest absolute Gasteiger partial charge is 0.582 e. The van der Waals surface area contributed by atoms with E-state index in [0.717, 1.165) is 0 Å². The highest BCUT2D eigenvalue weighted by Crippen LogP contribution is 2.43. The van der Waals surface area contributed by atoms with Gasteiger partial charge in [-0.05, 0) is 15.2 Å². The number of nitrogens with two attached hydrogens (primary N) is 1. The molecule has 49 heavy (non-hydrogen) atoms. The predicted molar refractivity (Wildman–Crippen MR) is 173 cm³/mol. The van der Waals surface area contributed by atoms with Crippen LogP contribution in [-0.4, -0.2) is 112 Å². The van der Waals surface area contributed by atoms with Crippen LogP contribution in [0.2, 0.25) is 0 Å². The Morgan fingerprint density at radius 1 is 0.898 bits per heavy atom. The zero-order valence-electron chi connectivity index (χ0n) is 24.8. The average molecular weight is 765 g/mol. The van der Waals surface area contributed by atoms with Gasteiger partial charge in [-0.1, -0.05) is 6.08 Å². The predicted octanol–water partition coefficient (Wildman–Crippen LogP) is 2.00. The number of fused-ring (bicyclic) bond motifs is 2. The van der Waals surface area contributed by atoms with Gasteiger partial charge in [-0.3, -0.25) is 9.13 Å². The van der Waals surface area contributed by atoms with Gasteiger partial charge in [-0.2, -0.15) is 9.97 Å². The summed E-state index contributed by atoms with van der Waals surface area (Å²) < 4.78 is 83.0. The Labute approximate surface area is 286 Å². The fourth-order valence-corrected chi connectivity index (χ4v) is 6.96. The number of alkyl halides is 2. The standard InChI is InChI=1S/C24H26F2N10O9P2S2/c25-12-16(44-46(39)48)10(5-37)42-22(12)35-8-31-14-18(29-7-30-19(14)35)28-3-1-2-4-41-21-15-20(33-24(27)34-21)36(9-32-15)23-13(26)17(45-47(40)49)11(6-38)43-23/h1-2,7-13,16-17,22-23,37-38H,3-6H2,(H3-2,27,28,29,30,33,34,39,40,48,49)/p+2/b2-1+/t10-,11?,12-,13-,16-,17-,22?,23?/m1/s1. The van der Waals surface area contributed by atoms with Gasteiger partial charge in [-0.25, -0.2) is 28.7 Å². The summed E-state index contributed by atoms with van der Waals surface area (Å²) in [7, 11) is -4.91. The quantitative estimate of drug-likeness (QED) is 0.0611. The number of aliphatic hydroxyl groups excluding tert-OH is 2. The van der Waals surface area contributed by atoms with E-state index in [1.807, 2.05) is 0 Å². The van der Waals surface area contributed by atoms with Gasteiger partial charge in [0.05, 0.1) is 25.9 Å². The molecule has 10 atom stereocenters. The SMILES string of the molecule is Nc1nc(OC/C=C/CNc2ncnc3c2ncn3C2O[C@H](CO)[C@@H](O[P+](=O)S)[C@H]2F)c2ncn(C3OC(CO)[C@@H](O[P+](=O)S)[C@H]3F)c2n1.